The zero-order valence-corrected chi connectivity index (χ0v) is 27.0. The summed E-state index contributed by atoms with van der Waals surface area (Å²) in [5.41, 5.74) is 11.1. The van der Waals surface area contributed by atoms with Crippen molar-refractivity contribution in [1.29, 1.82) is 0 Å². The Hall–Kier alpha value is -4.70. The van der Waals surface area contributed by atoms with Crippen LogP contribution in [0.2, 0.25) is 0 Å². The maximum Gasteiger partial charge on any atom is 0.407 e. The lowest BCUT2D eigenvalue weighted by Crippen LogP contribution is -2.53. The molecule has 0 aromatic heterocycles. The minimum Gasteiger partial charge on any atom is -0.481 e. The minimum absolute atomic E-state index is 0.108. The molecule has 3 aromatic carbocycles. The molecule has 0 bridgehead atoms. The predicted molar refractivity (Wildman–Crippen MR) is 177 cm³/mol. The number of aliphatic carboxylic acids is 1. The van der Waals surface area contributed by atoms with Crippen LogP contribution in [-0.4, -0.2) is 53.7 Å². The lowest BCUT2D eigenvalue weighted by atomic mass is 9.84. The highest BCUT2D eigenvalue weighted by Crippen LogP contribution is 2.44. The van der Waals surface area contributed by atoms with Crippen LogP contribution in [0.15, 0.2) is 72.8 Å². The molecule has 3 amide bonds. The number of benzene rings is 3. The van der Waals surface area contributed by atoms with Crippen LogP contribution in [-0.2, 0) is 25.5 Å². The van der Waals surface area contributed by atoms with E-state index in [4.69, 9.17) is 10.5 Å². The van der Waals surface area contributed by atoms with Crippen LogP contribution in [0.3, 0.4) is 0 Å². The number of carboxylic acid groups (broad SMARTS) is 1. The van der Waals surface area contributed by atoms with E-state index in [0.29, 0.717) is 18.5 Å². The molecule has 0 fully saturated rings. The Morgan fingerprint density at radius 2 is 1.41 bits per heavy atom. The summed E-state index contributed by atoms with van der Waals surface area (Å²) in [6, 6.07) is 21.1. The summed E-state index contributed by atoms with van der Waals surface area (Å²) in [5, 5.41) is 17.5. The van der Waals surface area contributed by atoms with Crippen molar-refractivity contribution in [2.75, 3.05) is 11.9 Å². The van der Waals surface area contributed by atoms with E-state index in [9.17, 15) is 24.3 Å². The molecule has 0 unspecified atom stereocenters. The van der Waals surface area contributed by atoms with Crippen LogP contribution in [0.4, 0.5) is 10.5 Å². The Balaban J connectivity index is 1.28. The van der Waals surface area contributed by atoms with Gasteiger partial charge in [0.1, 0.15) is 18.7 Å². The normalized spacial score (nSPS) is 14.4. The first-order valence-electron chi connectivity index (χ1n) is 15.6. The van der Waals surface area contributed by atoms with E-state index < -0.39 is 41.4 Å². The number of amides is 3. The number of rotatable bonds is 13. The molecule has 10 nitrogen and oxygen atoms in total. The largest absolute Gasteiger partial charge is 0.481 e. The maximum absolute atomic E-state index is 13.2. The number of anilines is 1. The number of nitrogens with one attached hydrogen (secondary N) is 3. The SMILES string of the molecule is CC(C)[C@H](NC(=O)OCC1c2ccccc2-c2ccccc21)C(=O)N[C@@H](C)C(=O)Nc1ccc(C[C@H](N)CC(C)(C)C(=O)O)cc1. The molecule has 46 heavy (non-hydrogen) atoms. The number of alkyl carbamates (subject to hydrolysis) is 1. The maximum atomic E-state index is 13.2. The van der Waals surface area contributed by atoms with Gasteiger partial charge in [-0.15, -0.1) is 0 Å². The van der Waals surface area contributed by atoms with Gasteiger partial charge in [-0.25, -0.2) is 4.79 Å². The number of fused-ring (bicyclic) bond motifs is 3. The number of ether oxygens (including phenoxy) is 1. The van der Waals surface area contributed by atoms with Crippen molar-refractivity contribution in [3.05, 3.63) is 89.5 Å². The molecule has 10 heteroatoms. The molecule has 3 atom stereocenters. The third-order valence-corrected chi connectivity index (χ3v) is 8.39. The van der Waals surface area contributed by atoms with Crippen molar-refractivity contribution < 1.29 is 29.0 Å². The van der Waals surface area contributed by atoms with Gasteiger partial charge in [0.2, 0.25) is 11.8 Å². The zero-order chi connectivity index (χ0) is 33.6. The van der Waals surface area contributed by atoms with Gasteiger partial charge in [-0.05, 0) is 79.5 Å². The quantitative estimate of drug-likeness (QED) is 0.177. The van der Waals surface area contributed by atoms with Gasteiger partial charge in [-0.1, -0.05) is 74.5 Å². The number of carbonyl (C=O) groups is 4. The molecule has 1 aliphatic rings. The standard InChI is InChI=1S/C36H44N4O6/c1-21(2)31(40-35(45)46-20-30-28-12-8-6-10-26(28)27-11-7-9-13-29(27)30)33(42)38-22(3)32(41)39-25-16-14-23(15-17-25)18-24(37)19-36(4,5)34(43)44/h6-17,21-22,24,30-31H,18-20,37H2,1-5H3,(H,38,42)(H,39,41)(H,40,45)(H,43,44)/t22-,24-,31-/m0/s1. The summed E-state index contributed by atoms with van der Waals surface area (Å²) in [6.07, 6.45) is 0.107. The number of carbonyl (C=O) groups excluding carboxylic acids is 3. The molecule has 0 saturated heterocycles. The molecule has 0 radical (unpaired) electrons. The molecule has 4 rings (SSSR count). The lowest BCUT2D eigenvalue weighted by Gasteiger charge is -2.24. The van der Waals surface area contributed by atoms with Crippen LogP contribution < -0.4 is 21.7 Å². The van der Waals surface area contributed by atoms with Crippen LogP contribution >= 0.6 is 0 Å². The van der Waals surface area contributed by atoms with Gasteiger partial charge in [-0.2, -0.15) is 0 Å². The highest BCUT2D eigenvalue weighted by atomic mass is 16.5. The summed E-state index contributed by atoms with van der Waals surface area (Å²) in [7, 11) is 0. The molecular formula is C36H44N4O6. The average molecular weight is 629 g/mol. The highest BCUT2D eigenvalue weighted by Gasteiger charge is 2.32. The second kappa shape index (κ2) is 14.6. The van der Waals surface area contributed by atoms with Gasteiger partial charge in [0.15, 0.2) is 0 Å². The molecule has 244 valence electrons. The van der Waals surface area contributed by atoms with Crippen LogP contribution in [0.5, 0.6) is 0 Å². The van der Waals surface area contributed by atoms with Crippen molar-refractivity contribution in [2.24, 2.45) is 17.1 Å². The molecule has 0 spiro atoms. The fourth-order valence-electron chi connectivity index (χ4n) is 5.76. The van der Waals surface area contributed by atoms with E-state index in [-0.39, 0.29) is 24.5 Å². The fourth-order valence-corrected chi connectivity index (χ4v) is 5.76. The number of nitrogens with two attached hydrogens (primary N) is 1. The first-order chi connectivity index (χ1) is 21.8. The Labute approximate surface area is 270 Å². The van der Waals surface area contributed by atoms with E-state index in [2.05, 4.69) is 28.1 Å². The van der Waals surface area contributed by atoms with Gasteiger partial charge >= 0.3 is 12.1 Å². The minimum atomic E-state index is -0.923. The third-order valence-electron chi connectivity index (χ3n) is 8.39. The van der Waals surface area contributed by atoms with Crippen LogP contribution in [0.25, 0.3) is 11.1 Å². The predicted octanol–water partition coefficient (Wildman–Crippen LogP) is 5.06. The van der Waals surface area contributed by atoms with E-state index in [1.165, 1.54) is 0 Å². The van der Waals surface area contributed by atoms with E-state index >= 15 is 0 Å². The van der Waals surface area contributed by atoms with Crippen molar-refractivity contribution in [3.63, 3.8) is 0 Å². The van der Waals surface area contributed by atoms with Gasteiger partial charge in [0.05, 0.1) is 5.41 Å². The zero-order valence-electron chi connectivity index (χ0n) is 27.0. The number of hydrogen-bond acceptors (Lipinski definition) is 6. The van der Waals surface area contributed by atoms with Crippen molar-refractivity contribution in [2.45, 2.75) is 71.5 Å². The lowest BCUT2D eigenvalue weighted by molar-refractivity contribution is -0.147. The Morgan fingerprint density at radius 3 is 1.96 bits per heavy atom. The Kier molecular flexibility index (Phi) is 10.8. The molecule has 6 N–H and O–H groups in total. The van der Waals surface area contributed by atoms with Crippen molar-refractivity contribution in [1.82, 2.24) is 10.6 Å². The van der Waals surface area contributed by atoms with E-state index in [0.717, 1.165) is 27.8 Å². The number of carboxylic acids is 1. The fraction of sp³-hybridized carbons (Fsp3) is 0.389. The molecular weight excluding hydrogens is 584 g/mol. The Bertz CT molecular complexity index is 1520. The summed E-state index contributed by atoms with van der Waals surface area (Å²) in [5.74, 6) is -2.20. The molecule has 3 aromatic rings. The van der Waals surface area contributed by atoms with Gasteiger partial charge in [-0.3, -0.25) is 14.4 Å². The first kappa shape index (κ1) is 34.2. The second-order valence-corrected chi connectivity index (χ2v) is 13.0. The monoisotopic (exact) mass is 628 g/mol. The third kappa shape index (κ3) is 8.31. The smallest absolute Gasteiger partial charge is 0.407 e. The molecule has 0 aliphatic heterocycles. The Morgan fingerprint density at radius 1 is 0.848 bits per heavy atom. The van der Waals surface area contributed by atoms with E-state index in [1.807, 2.05) is 48.5 Å². The summed E-state index contributed by atoms with van der Waals surface area (Å²) in [4.78, 5) is 50.3. The van der Waals surface area contributed by atoms with Gasteiger partial charge < -0.3 is 31.5 Å². The molecule has 1 aliphatic carbocycles. The molecule has 0 heterocycles. The second-order valence-electron chi connectivity index (χ2n) is 13.0. The summed E-state index contributed by atoms with van der Waals surface area (Å²) >= 11 is 0. The van der Waals surface area contributed by atoms with Crippen LogP contribution in [0, 0.1) is 11.3 Å². The topological polar surface area (TPSA) is 160 Å². The van der Waals surface area contributed by atoms with Crippen molar-refractivity contribution in [3.8, 4) is 11.1 Å². The van der Waals surface area contributed by atoms with Crippen LogP contribution in [0.1, 0.15) is 63.6 Å². The molecule has 0 saturated carbocycles. The average Bonchev–Trinajstić information content (AvgIpc) is 3.32. The van der Waals surface area contributed by atoms with Gasteiger partial charge in [0, 0.05) is 17.6 Å². The summed E-state index contributed by atoms with van der Waals surface area (Å²) < 4.78 is 5.63. The van der Waals surface area contributed by atoms with Gasteiger partial charge in [0.25, 0.3) is 0 Å². The highest BCUT2D eigenvalue weighted by molar-refractivity contribution is 5.98. The number of hydrogen-bond donors (Lipinski definition) is 5. The van der Waals surface area contributed by atoms with E-state index in [1.54, 1.807) is 46.8 Å². The first-order valence-corrected chi connectivity index (χ1v) is 15.6. The van der Waals surface area contributed by atoms with Crippen molar-refractivity contribution >= 4 is 29.6 Å². The summed E-state index contributed by atoms with van der Waals surface area (Å²) in [6.45, 7) is 8.58.